The Hall–Kier alpha value is -3.63. The highest BCUT2D eigenvalue weighted by molar-refractivity contribution is 7.13. The molecule has 0 aliphatic heterocycles. The number of carbonyl (C=O) groups is 1. The van der Waals surface area contributed by atoms with Gasteiger partial charge in [0.1, 0.15) is 6.04 Å². The van der Waals surface area contributed by atoms with E-state index in [9.17, 15) is 4.79 Å². The highest BCUT2D eigenvalue weighted by Crippen LogP contribution is 2.31. The number of methoxy groups -OCH3 is 1. The Bertz CT molecular complexity index is 1220. The first-order chi connectivity index (χ1) is 16.5. The van der Waals surface area contributed by atoms with Gasteiger partial charge in [0.15, 0.2) is 5.82 Å². The molecule has 0 radical (unpaired) electrons. The zero-order chi connectivity index (χ0) is 24.1. The Balaban J connectivity index is 1.60. The second-order valence-corrected chi connectivity index (χ2v) is 8.88. The first-order valence-electron chi connectivity index (χ1n) is 10.9. The highest BCUT2D eigenvalue weighted by atomic mass is 32.1. The van der Waals surface area contributed by atoms with Crippen LogP contribution in [0.1, 0.15) is 47.8 Å². The number of carbonyl (C=O) groups excluding carboxylic acids is 1. The second-order valence-electron chi connectivity index (χ2n) is 7.86. The molecule has 1 N–H and O–H groups in total. The molecule has 0 spiro atoms. The van der Waals surface area contributed by atoms with Crippen molar-refractivity contribution in [3.63, 3.8) is 0 Å². The van der Waals surface area contributed by atoms with Crippen LogP contribution in [0.4, 0.5) is 5.69 Å². The maximum absolute atomic E-state index is 11.6. The Morgan fingerprint density at radius 3 is 2.56 bits per heavy atom. The number of rotatable bonds is 9. The Morgan fingerprint density at radius 2 is 1.91 bits per heavy atom. The van der Waals surface area contributed by atoms with E-state index in [0.29, 0.717) is 17.6 Å². The lowest BCUT2D eigenvalue weighted by atomic mass is 10.1. The topological polar surface area (TPSA) is 98.1 Å². The average Bonchev–Trinajstić information content (AvgIpc) is 3.54. The number of amides is 1. The molecule has 10 heteroatoms. The summed E-state index contributed by atoms with van der Waals surface area (Å²) in [4.78, 5) is 18.5. The van der Waals surface area contributed by atoms with Gasteiger partial charge in [-0.3, -0.25) is 10.1 Å². The molecule has 4 aromatic rings. The van der Waals surface area contributed by atoms with E-state index < -0.39 is 0 Å². The van der Waals surface area contributed by atoms with Crippen molar-refractivity contribution in [3.05, 3.63) is 82.6 Å². The third-order valence-corrected chi connectivity index (χ3v) is 6.72. The number of aromatic nitrogens is 5. The van der Waals surface area contributed by atoms with E-state index in [1.807, 2.05) is 47.1 Å². The van der Waals surface area contributed by atoms with Gasteiger partial charge in [-0.2, -0.15) is 0 Å². The number of anilines is 1. The maximum atomic E-state index is 11.6. The number of nitrogens with one attached hydrogen (secondary N) is 1. The van der Waals surface area contributed by atoms with Crippen LogP contribution < -0.4 is 15.0 Å². The molecule has 1 amide bonds. The lowest BCUT2D eigenvalue weighted by Crippen LogP contribution is -2.26. The fourth-order valence-electron chi connectivity index (χ4n) is 3.60. The summed E-state index contributed by atoms with van der Waals surface area (Å²) in [6, 6.07) is 17.7. The van der Waals surface area contributed by atoms with E-state index >= 15 is 0 Å². The first-order valence-corrected chi connectivity index (χ1v) is 11.7. The molecule has 4 rings (SSSR count). The predicted octanol–water partition coefficient (Wildman–Crippen LogP) is 3.61. The van der Waals surface area contributed by atoms with Gasteiger partial charge in [-0.15, -0.1) is 5.10 Å². The number of benzene rings is 2. The number of hydrogen-bond acceptors (Lipinski definition) is 8. The predicted molar refractivity (Wildman–Crippen MR) is 131 cm³/mol. The smallest absolute Gasteiger partial charge is 0.273 e. The SMILES string of the molecule is COc1ncc(C(NCc2ccc(N(C)C(C)=O)cc2)c2nnnn2C(C)c2ccccc2)s1. The normalized spacial score (nSPS) is 12.8. The van der Waals surface area contributed by atoms with E-state index in [2.05, 4.69) is 44.9 Å². The van der Waals surface area contributed by atoms with Crippen LogP contribution in [0.2, 0.25) is 0 Å². The van der Waals surface area contributed by atoms with Crippen molar-refractivity contribution >= 4 is 22.9 Å². The molecule has 0 saturated heterocycles. The van der Waals surface area contributed by atoms with Crippen molar-refractivity contribution in [2.45, 2.75) is 32.5 Å². The molecule has 0 fully saturated rings. The summed E-state index contributed by atoms with van der Waals surface area (Å²) in [5.41, 5.74) is 3.03. The van der Waals surface area contributed by atoms with Crippen molar-refractivity contribution in [1.82, 2.24) is 30.5 Å². The Labute approximate surface area is 202 Å². The average molecular weight is 478 g/mol. The number of nitrogens with zero attached hydrogens (tertiary/aromatic N) is 6. The molecule has 2 aromatic heterocycles. The molecule has 2 atom stereocenters. The summed E-state index contributed by atoms with van der Waals surface area (Å²) in [5, 5.41) is 16.8. The van der Waals surface area contributed by atoms with E-state index in [-0.39, 0.29) is 18.0 Å². The first kappa shape index (κ1) is 23.5. The minimum absolute atomic E-state index is 0.00976. The van der Waals surface area contributed by atoms with Crippen LogP contribution in [0.15, 0.2) is 60.8 Å². The lowest BCUT2D eigenvalue weighted by Gasteiger charge is -2.20. The summed E-state index contributed by atoms with van der Waals surface area (Å²) in [6.45, 7) is 4.19. The number of thiazole rings is 1. The van der Waals surface area contributed by atoms with Crippen molar-refractivity contribution in [3.8, 4) is 5.19 Å². The fourth-order valence-corrected chi connectivity index (χ4v) is 4.40. The van der Waals surface area contributed by atoms with E-state index in [0.717, 1.165) is 21.7 Å². The van der Waals surface area contributed by atoms with Crippen LogP contribution in [0.25, 0.3) is 0 Å². The molecule has 2 unspecified atom stereocenters. The van der Waals surface area contributed by atoms with Crippen LogP contribution in [0, 0.1) is 0 Å². The molecule has 2 heterocycles. The van der Waals surface area contributed by atoms with Gasteiger partial charge in [-0.1, -0.05) is 53.8 Å². The summed E-state index contributed by atoms with van der Waals surface area (Å²) in [7, 11) is 3.36. The fraction of sp³-hybridized carbons (Fsp3) is 0.292. The molecule has 9 nitrogen and oxygen atoms in total. The largest absolute Gasteiger partial charge is 0.473 e. The molecule has 0 aliphatic carbocycles. The summed E-state index contributed by atoms with van der Waals surface area (Å²) >= 11 is 1.45. The van der Waals surface area contributed by atoms with Gasteiger partial charge in [0.2, 0.25) is 5.91 Å². The van der Waals surface area contributed by atoms with Crippen LogP contribution in [-0.2, 0) is 11.3 Å². The molecule has 0 bridgehead atoms. The van der Waals surface area contributed by atoms with E-state index in [1.165, 1.54) is 11.3 Å². The maximum Gasteiger partial charge on any atom is 0.273 e. The van der Waals surface area contributed by atoms with Crippen molar-refractivity contribution in [1.29, 1.82) is 0 Å². The van der Waals surface area contributed by atoms with Gasteiger partial charge in [0.05, 0.1) is 18.0 Å². The number of ether oxygens (including phenoxy) is 1. The molecular formula is C24H27N7O2S. The van der Waals surface area contributed by atoms with E-state index in [1.54, 1.807) is 32.2 Å². The zero-order valence-corrected chi connectivity index (χ0v) is 20.4. The van der Waals surface area contributed by atoms with Crippen LogP contribution in [-0.4, -0.2) is 45.3 Å². The molecular weight excluding hydrogens is 450 g/mol. The Morgan fingerprint density at radius 1 is 1.18 bits per heavy atom. The van der Waals surface area contributed by atoms with Gasteiger partial charge in [-0.25, -0.2) is 9.67 Å². The molecule has 2 aromatic carbocycles. The lowest BCUT2D eigenvalue weighted by molar-refractivity contribution is -0.116. The van der Waals surface area contributed by atoms with Gasteiger partial charge in [-0.05, 0) is 40.6 Å². The standard InChI is InChI=1S/C24H27N7O2S/c1-16(19-8-6-5-7-9-19)31-23(27-28-29-31)22(21-15-26-24(33-4)34-21)25-14-18-10-12-20(13-11-18)30(3)17(2)32/h5-13,15-16,22,25H,14H2,1-4H3. The van der Waals surface area contributed by atoms with Crippen molar-refractivity contribution < 1.29 is 9.53 Å². The van der Waals surface area contributed by atoms with Gasteiger partial charge in [0, 0.05) is 32.4 Å². The second kappa shape index (κ2) is 10.5. The molecule has 0 saturated carbocycles. The van der Waals surface area contributed by atoms with Gasteiger partial charge >= 0.3 is 0 Å². The number of hydrogen-bond donors (Lipinski definition) is 1. The van der Waals surface area contributed by atoms with Crippen molar-refractivity contribution in [2.75, 3.05) is 19.1 Å². The molecule has 176 valence electrons. The van der Waals surface area contributed by atoms with Crippen LogP contribution >= 0.6 is 11.3 Å². The minimum atomic E-state index is -0.290. The third-order valence-electron chi connectivity index (χ3n) is 5.69. The summed E-state index contributed by atoms with van der Waals surface area (Å²) < 4.78 is 7.15. The third kappa shape index (κ3) is 5.13. The van der Waals surface area contributed by atoms with Crippen LogP contribution in [0.3, 0.4) is 0 Å². The Kier molecular flexibility index (Phi) is 7.29. The summed E-state index contributed by atoms with van der Waals surface area (Å²) in [5.74, 6) is 0.681. The van der Waals surface area contributed by atoms with Gasteiger partial charge < -0.3 is 9.64 Å². The van der Waals surface area contributed by atoms with Crippen molar-refractivity contribution in [2.24, 2.45) is 0 Å². The number of tetrazole rings is 1. The zero-order valence-electron chi connectivity index (χ0n) is 19.5. The monoisotopic (exact) mass is 477 g/mol. The van der Waals surface area contributed by atoms with Crippen LogP contribution in [0.5, 0.6) is 5.19 Å². The molecule has 34 heavy (non-hydrogen) atoms. The van der Waals surface area contributed by atoms with Gasteiger partial charge in [0.25, 0.3) is 5.19 Å². The minimum Gasteiger partial charge on any atom is -0.473 e. The highest BCUT2D eigenvalue weighted by Gasteiger charge is 2.26. The molecule has 0 aliphatic rings. The van der Waals surface area contributed by atoms with E-state index in [4.69, 9.17) is 4.74 Å². The summed E-state index contributed by atoms with van der Waals surface area (Å²) in [6.07, 6.45) is 1.79. The quantitative estimate of drug-likeness (QED) is 0.393.